The van der Waals surface area contributed by atoms with Crippen LogP contribution in [0.1, 0.15) is 17.3 Å². The molecule has 0 radical (unpaired) electrons. The zero-order valence-electron chi connectivity index (χ0n) is 13.8. The molecule has 130 valence electrons. The minimum Gasteiger partial charge on any atom is -0.314 e. The Morgan fingerprint density at radius 1 is 1.12 bits per heavy atom. The van der Waals surface area contributed by atoms with E-state index < -0.39 is 0 Å². The molecule has 1 fully saturated rings. The molecule has 1 aliphatic heterocycles. The predicted molar refractivity (Wildman–Crippen MR) is 98.9 cm³/mol. The lowest BCUT2D eigenvalue weighted by Gasteiger charge is -2.35. The first kappa shape index (κ1) is 17.5. The van der Waals surface area contributed by atoms with Gasteiger partial charge in [-0.1, -0.05) is 29.5 Å². The third kappa shape index (κ3) is 4.04. The van der Waals surface area contributed by atoms with Crippen LogP contribution >= 0.6 is 12.4 Å². The summed E-state index contributed by atoms with van der Waals surface area (Å²) < 4.78 is 1.83. The Morgan fingerprint density at radius 3 is 2.80 bits per heavy atom. The number of pyridine rings is 1. The molecular weight excluding hydrogens is 336 g/mol. The largest absolute Gasteiger partial charge is 0.314 e. The number of hydrogen-bond donors (Lipinski definition) is 1. The van der Waals surface area contributed by atoms with Crippen LogP contribution in [-0.4, -0.2) is 44.5 Å². The summed E-state index contributed by atoms with van der Waals surface area (Å²) in [5, 5.41) is 12.1. The Kier molecular flexibility index (Phi) is 5.75. The molecule has 1 N–H and O–H groups in total. The van der Waals surface area contributed by atoms with E-state index in [4.69, 9.17) is 0 Å². The van der Waals surface area contributed by atoms with E-state index in [1.165, 1.54) is 5.56 Å². The van der Waals surface area contributed by atoms with E-state index in [1.807, 2.05) is 59.7 Å². The number of nitrogens with one attached hydrogen (secondary N) is 1. The standard InChI is InChI=1S/C18H20N6.ClH/c1-2-6-17(7-3-1)24-14-16(21-22-24)13-23-10-9-20-12-18(23)15-5-4-8-19-11-15;/h1-8,11,14,18,20H,9-10,12-13H2;1H. The molecule has 1 saturated heterocycles. The van der Waals surface area contributed by atoms with Crippen LogP contribution in [-0.2, 0) is 6.54 Å². The zero-order valence-corrected chi connectivity index (χ0v) is 14.6. The van der Waals surface area contributed by atoms with Gasteiger partial charge in [-0.3, -0.25) is 9.88 Å². The fourth-order valence-corrected chi connectivity index (χ4v) is 3.12. The summed E-state index contributed by atoms with van der Waals surface area (Å²) in [7, 11) is 0. The lowest BCUT2D eigenvalue weighted by molar-refractivity contribution is 0.151. The molecule has 1 unspecified atom stereocenters. The topological polar surface area (TPSA) is 58.9 Å². The van der Waals surface area contributed by atoms with Crippen molar-refractivity contribution in [1.82, 2.24) is 30.2 Å². The van der Waals surface area contributed by atoms with E-state index in [0.29, 0.717) is 6.04 Å². The van der Waals surface area contributed by atoms with Gasteiger partial charge in [0.15, 0.2) is 0 Å². The zero-order chi connectivity index (χ0) is 16.2. The van der Waals surface area contributed by atoms with Gasteiger partial charge in [-0.05, 0) is 23.8 Å². The molecule has 0 saturated carbocycles. The van der Waals surface area contributed by atoms with Gasteiger partial charge in [0.2, 0.25) is 0 Å². The van der Waals surface area contributed by atoms with Gasteiger partial charge in [0.1, 0.15) is 0 Å². The van der Waals surface area contributed by atoms with Crippen LogP contribution in [0, 0.1) is 0 Å². The molecular formula is C18H21ClN6. The van der Waals surface area contributed by atoms with E-state index in [0.717, 1.165) is 37.6 Å². The SMILES string of the molecule is Cl.c1ccc(-n2cc(CN3CCNCC3c3cccnc3)nn2)cc1. The first-order valence-corrected chi connectivity index (χ1v) is 8.21. The van der Waals surface area contributed by atoms with Crippen LogP contribution in [0.15, 0.2) is 61.1 Å². The highest BCUT2D eigenvalue weighted by molar-refractivity contribution is 5.85. The van der Waals surface area contributed by atoms with E-state index in [2.05, 4.69) is 31.6 Å². The Labute approximate surface area is 153 Å². The third-order valence-electron chi connectivity index (χ3n) is 4.35. The highest BCUT2D eigenvalue weighted by Crippen LogP contribution is 2.23. The van der Waals surface area contributed by atoms with Crippen molar-refractivity contribution in [3.8, 4) is 5.69 Å². The van der Waals surface area contributed by atoms with Crippen molar-refractivity contribution in [3.63, 3.8) is 0 Å². The predicted octanol–water partition coefficient (Wildman–Crippen LogP) is 2.23. The van der Waals surface area contributed by atoms with E-state index in [1.54, 1.807) is 0 Å². The highest BCUT2D eigenvalue weighted by Gasteiger charge is 2.24. The quantitative estimate of drug-likeness (QED) is 0.776. The maximum absolute atomic E-state index is 4.35. The summed E-state index contributed by atoms with van der Waals surface area (Å²) in [6.07, 6.45) is 5.78. The minimum absolute atomic E-state index is 0. The molecule has 7 heteroatoms. The minimum atomic E-state index is 0. The molecule has 3 aromatic rings. The highest BCUT2D eigenvalue weighted by atomic mass is 35.5. The third-order valence-corrected chi connectivity index (χ3v) is 4.35. The molecule has 0 bridgehead atoms. The average Bonchev–Trinajstić information content (AvgIpc) is 3.12. The first-order valence-electron chi connectivity index (χ1n) is 8.21. The van der Waals surface area contributed by atoms with Crippen molar-refractivity contribution in [3.05, 3.63) is 72.3 Å². The number of hydrogen-bond acceptors (Lipinski definition) is 5. The molecule has 4 rings (SSSR count). The maximum atomic E-state index is 4.35. The van der Waals surface area contributed by atoms with Crippen molar-refractivity contribution < 1.29 is 0 Å². The number of rotatable bonds is 4. The number of aromatic nitrogens is 4. The second-order valence-electron chi connectivity index (χ2n) is 5.97. The van der Waals surface area contributed by atoms with Crippen LogP contribution in [0.25, 0.3) is 5.69 Å². The van der Waals surface area contributed by atoms with Gasteiger partial charge in [-0.25, -0.2) is 4.68 Å². The fraction of sp³-hybridized carbons (Fsp3) is 0.278. The molecule has 0 spiro atoms. The van der Waals surface area contributed by atoms with Crippen molar-refractivity contribution in [1.29, 1.82) is 0 Å². The van der Waals surface area contributed by atoms with Crippen molar-refractivity contribution in [2.45, 2.75) is 12.6 Å². The van der Waals surface area contributed by atoms with Gasteiger partial charge in [0.05, 0.1) is 17.6 Å². The Morgan fingerprint density at radius 2 is 2.00 bits per heavy atom. The first-order chi connectivity index (χ1) is 11.9. The van der Waals surface area contributed by atoms with Crippen molar-refractivity contribution in [2.24, 2.45) is 0 Å². The molecule has 0 amide bonds. The van der Waals surface area contributed by atoms with Crippen LogP contribution in [0.4, 0.5) is 0 Å². The molecule has 6 nitrogen and oxygen atoms in total. The molecule has 2 aromatic heterocycles. The Hall–Kier alpha value is -2.28. The van der Waals surface area contributed by atoms with Gasteiger partial charge in [-0.15, -0.1) is 17.5 Å². The summed E-state index contributed by atoms with van der Waals surface area (Å²) in [6.45, 7) is 3.69. The molecule has 3 heterocycles. The van der Waals surface area contributed by atoms with Gasteiger partial charge in [0.25, 0.3) is 0 Å². The van der Waals surface area contributed by atoms with Gasteiger partial charge < -0.3 is 5.32 Å². The second kappa shape index (κ2) is 8.20. The number of para-hydroxylation sites is 1. The van der Waals surface area contributed by atoms with Crippen LogP contribution in [0.2, 0.25) is 0 Å². The van der Waals surface area contributed by atoms with Crippen molar-refractivity contribution >= 4 is 12.4 Å². The lowest BCUT2D eigenvalue weighted by atomic mass is 10.1. The second-order valence-corrected chi connectivity index (χ2v) is 5.97. The molecule has 25 heavy (non-hydrogen) atoms. The monoisotopic (exact) mass is 356 g/mol. The molecule has 1 aliphatic rings. The average molecular weight is 357 g/mol. The summed E-state index contributed by atoms with van der Waals surface area (Å²) >= 11 is 0. The number of benzene rings is 1. The van der Waals surface area contributed by atoms with Gasteiger partial charge >= 0.3 is 0 Å². The Balaban J connectivity index is 0.00000182. The van der Waals surface area contributed by atoms with E-state index in [9.17, 15) is 0 Å². The number of nitrogens with zero attached hydrogens (tertiary/aromatic N) is 5. The normalized spacial score (nSPS) is 17.8. The lowest BCUT2D eigenvalue weighted by Crippen LogP contribution is -2.45. The van der Waals surface area contributed by atoms with Crippen LogP contribution < -0.4 is 5.32 Å². The van der Waals surface area contributed by atoms with Gasteiger partial charge in [-0.2, -0.15) is 0 Å². The van der Waals surface area contributed by atoms with E-state index >= 15 is 0 Å². The molecule has 1 aromatic carbocycles. The summed E-state index contributed by atoms with van der Waals surface area (Å²) in [6, 6.07) is 14.5. The fourth-order valence-electron chi connectivity index (χ4n) is 3.12. The molecule has 0 aliphatic carbocycles. The van der Waals surface area contributed by atoms with E-state index in [-0.39, 0.29) is 12.4 Å². The smallest absolute Gasteiger partial charge is 0.0972 e. The van der Waals surface area contributed by atoms with Crippen molar-refractivity contribution in [2.75, 3.05) is 19.6 Å². The van der Waals surface area contributed by atoms with Gasteiger partial charge in [0, 0.05) is 44.6 Å². The summed E-state index contributed by atoms with van der Waals surface area (Å²) in [5.41, 5.74) is 3.25. The molecule has 1 atom stereocenters. The van der Waals surface area contributed by atoms with Crippen LogP contribution in [0.3, 0.4) is 0 Å². The number of halogens is 1. The summed E-state index contributed by atoms with van der Waals surface area (Å²) in [5.74, 6) is 0. The van der Waals surface area contributed by atoms with Crippen LogP contribution in [0.5, 0.6) is 0 Å². The summed E-state index contributed by atoms with van der Waals surface area (Å²) in [4.78, 5) is 6.70. The Bertz CT molecular complexity index is 777. The number of piperazine rings is 1. The maximum Gasteiger partial charge on any atom is 0.0972 e.